The van der Waals surface area contributed by atoms with Gasteiger partial charge in [0.15, 0.2) is 0 Å². The van der Waals surface area contributed by atoms with Gasteiger partial charge < -0.3 is 14.3 Å². The summed E-state index contributed by atoms with van der Waals surface area (Å²) in [5.74, 6) is -0.152. The van der Waals surface area contributed by atoms with E-state index in [1.54, 1.807) is 0 Å². The summed E-state index contributed by atoms with van der Waals surface area (Å²) in [6.07, 6.45) is 2.80. The maximum Gasteiger partial charge on any atom is 0.261 e. The molecule has 0 aliphatic heterocycles. The Kier molecular flexibility index (Phi) is 6.51. The first-order chi connectivity index (χ1) is 14.2. The summed E-state index contributed by atoms with van der Waals surface area (Å²) in [6, 6.07) is 21.0. The average molecular weight is 423 g/mol. The van der Waals surface area contributed by atoms with E-state index >= 15 is 0 Å². The molecule has 3 nitrogen and oxygen atoms in total. The van der Waals surface area contributed by atoms with E-state index in [4.69, 9.17) is 4.43 Å². The Morgan fingerprint density at radius 1 is 1.07 bits per heavy atom. The molecular weight excluding hydrogens is 388 g/mol. The lowest BCUT2D eigenvalue weighted by atomic mass is 9.67. The Morgan fingerprint density at radius 3 is 2.00 bits per heavy atom. The zero-order valence-corrected chi connectivity index (χ0v) is 19.8. The molecule has 0 spiro atoms. The van der Waals surface area contributed by atoms with Gasteiger partial charge in [0.25, 0.3) is 8.32 Å². The Morgan fingerprint density at radius 2 is 1.57 bits per heavy atom. The molecule has 4 heteroatoms. The van der Waals surface area contributed by atoms with Crippen molar-refractivity contribution in [1.82, 2.24) is 0 Å². The van der Waals surface area contributed by atoms with Crippen LogP contribution in [0.3, 0.4) is 0 Å². The number of aldehydes is 1. The molecule has 1 N–H and O–H groups in total. The molecule has 0 radical (unpaired) electrons. The second-order valence-corrected chi connectivity index (χ2v) is 14.0. The van der Waals surface area contributed by atoms with Gasteiger partial charge >= 0.3 is 0 Å². The topological polar surface area (TPSA) is 46.5 Å². The highest BCUT2D eigenvalue weighted by Gasteiger charge is 2.52. The molecule has 0 bridgehead atoms. The van der Waals surface area contributed by atoms with E-state index < -0.39 is 19.8 Å². The molecule has 3 rings (SSSR count). The van der Waals surface area contributed by atoms with Crippen LogP contribution in [-0.4, -0.2) is 32.4 Å². The molecule has 2 aromatic carbocycles. The number of hydrogen-bond donors (Lipinski definition) is 1. The van der Waals surface area contributed by atoms with E-state index in [2.05, 4.69) is 75.4 Å². The molecule has 0 aromatic heterocycles. The van der Waals surface area contributed by atoms with Gasteiger partial charge in [0, 0.05) is 12.5 Å². The van der Waals surface area contributed by atoms with Gasteiger partial charge in [0.1, 0.15) is 6.29 Å². The highest BCUT2D eigenvalue weighted by molar-refractivity contribution is 6.99. The van der Waals surface area contributed by atoms with Gasteiger partial charge in [-0.25, -0.2) is 0 Å². The lowest BCUT2D eigenvalue weighted by Crippen LogP contribution is -2.67. The minimum atomic E-state index is -2.68. The van der Waals surface area contributed by atoms with Crippen molar-refractivity contribution in [3.8, 4) is 0 Å². The summed E-state index contributed by atoms with van der Waals surface area (Å²) in [7, 11) is -2.68. The van der Waals surface area contributed by atoms with Gasteiger partial charge in [-0.2, -0.15) is 0 Å². The third-order valence-corrected chi connectivity index (χ3v) is 11.8. The molecule has 30 heavy (non-hydrogen) atoms. The van der Waals surface area contributed by atoms with Crippen LogP contribution in [0.1, 0.15) is 41.0 Å². The lowest BCUT2D eigenvalue weighted by molar-refractivity contribution is -0.126. The zero-order valence-electron chi connectivity index (χ0n) is 18.8. The molecule has 0 heterocycles. The summed E-state index contributed by atoms with van der Waals surface area (Å²) < 4.78 is 7.05. The fourth-order valence-corrected chi connectivity index (χ4v) is 9.43. The predicted octanol–water partition coefficient (Wildman–Crippen LogP) is 4.10. The number of benzene rings is 2. The number of rotatable bonds is 6. The van der Waals surface area contributed by atoms with Crippen LogP contribution in [0.15, 0.2) is 72.3 Å². The van der Waals surface area contributed by atoms with Crippen molar-refractivity contribution >= 4 is 25.0 Å². The summed E-state index contributed by atoms with van der Waals surface area (Å²) >= 11 is 0. The highest BCUT2D eigenvalue weighted by Crippen LogP contribution is 2.43. The van der Waals surface area contributed by atoms with Gasteiger partial charge in [-0.3, -0.25) is 0 Å². The number of aliphatic hydroxyl groups excluding tert-OH is 1. The van der Waals surface area contributed by atoms with Crippen LogP contribution in [0.5, 0.6) is 0 Å². The monoisotopic (exact) mass is 422 g/mol. The maximum absolute atomic E-state index is 12.1. The number of carbonyl (C=O) groups is 1. The van der Waals surface area contributed by atoms with Crippen LogP contribution in [0.4, 0.5) is 0 Å². The average Bonchev–Trinajstić information content (AvgIpc) is 2.74. The van der Waals surface area contributed by atoms with Crippen molar-refractivity contribution in [2.24, 2.45) is 11.3 Å². The minimum Gasteiger partial charge on any atom is -0.407 e. The standard InChI is InChI=1S/C26H34O3Si/c1-20-16-17-24(28)26(5,19-27)23(20)18-29-30(25(2,3)4,21-12-8-6-9-13-21)22-14-10-7-11-15-22/h6-16,19,23-24,28H,17-18H2,1-5H3/t23-,24-,26+/m0/s1. The third kappa shape index (κ3) is 3.84. The molecule has 0 amide bonds. The molecule has 0 saturated carbocycles. The number of hydrogen-bond acceptors (Lipinski definition) is 3. The van der Waals surface area contributed by atoms with Crippen molar-refractivity contribution in [1.29, 1.82) is 0 Å². The third-order valence-electron chi connectivity index (χ3n) is 6.82. The Bertz CT molecular complexity index is 846. The van der Waals surface area contributed by atoms with Crippen LogP contribution in [0, 0.1) is 11.3 Å². The quantitative estimate of drug-likeness (QED) is 0.433. The summed E-state index contributed by atoms with van der Waals surface area (Å²) in [4.78, 5) is 12.1. The van der Waals surface area contributed by atoms with Crippen LogP contribution >= 0.6 is 0 Å². The highest BCUT2D eigenvalue weighted by atomic mass is 28.4. The molecule has 3 atom stereocenters. The Hall–Kier alpha value is -2.01. The van der Waals surface area contributed by atoms with Gasteiger partial charge in [-0.15, -0.1) is 0 Å². The number of carbonyl (C=O) groups excluding carboxylic acids is 1. The van der Waals surface area contributed by atoms with E-state index in [1.165, 1.54) is 10.4 Å². The van der Waals surface area contributed by atoms with Gasteiger partial charge in [0.2, 0.25) is 0 Å². The molecular formula is C26H34O3Si. The van der Waals surface area contributed by atoms with Gasteiger partial charge in [-0.05, 0) is 35.7 Å². The molecule has 2 aromatic rings. The van der Waals surface area contributed by atoms with Crippen LogP contribution < -0.4 is 10.4 Å². The summed E-state index contributed by atoms with van der Waals surface area (Å²) in [5.41, 5.74) is 0.275. The second-order valence-electron chi connectivity index (χ2n) is 9.71. The first-order valence-corrected chi connectivity index (χ1v) is 12.6. The molecule has 0 fully saturated rings. The number of aliphatic hydroxyl groups is 1. The van der Waals surface area contributed by atoms with Crippen molar-refractivity contribution in [3.05, 3.63) is 72.3 Å². The zero-order chi connectivity index (χ0) is 22.0. The fraction of sp³-hybridized carbons (Fsp3) is 0.423. The molecule has 1 aliphatic carbocycles. The lowest BCUT2D eigenvalue weighted by Gasteiger charge is -2.46. The largest absolute Gasteiger partial charge is 0.407 e. The summed E-state index contributed by atoms with van der Waals surface area (Å²) in [5, 5.41) is 12.9. The Labute approximate surface area is 181 Å². The van der Waals surface area contributed by atoms with E-state index in [0.717, 1.165) is 11.9 Å². The van der Waals surface area contributed by atoms with Crippen LogP contribution in [-0.2, 0) is 9.22 Å². The van der Waals surface area contributed by atoms with Crippen molar-refractivity contribution in [2.45, 2.75) is 52.2 Å². The maximum atomic E-state index is 12.1. The molecule has 1 aliphatic rings. The van der Waals surface area contributed by atoms with E-state index in [9.17, 15) is 9.90 Å². The fourth-order valence-electron chi connectivity index (χ4n) is 4.86. The van der Waals surface area contributed by atoms with Gasteiger partial charge in [-0.1, -0.05) is 93.1 Å². The molecule has 0 saturated heterocycles. The van der Waals surface area contributed by atoms with Crippen LogP contribution in [0.25, 0.3) is 0 Å². The minimum absolute atomic E-state index is 0.127. The Balaban J connectivity index is 2.11. The van der Waals surface area contributed by atoms with Crippen molar-refractivity contribution in [3.63, 3.8) is 0 Å². The summed E-state index contributed by atoms with van der Waals surface area (Å²) in [6.45, 7) is 11.1. The first-order valence-electron chi connectivity index (χ1n) is 10.7. The normalized spacial score (nSPS) is 24.9. The van der Waals surface area contributed by atoms with E-state index in [-0.39, 0.29) is 11.0 Å². The molecule has 0 unspecified atom stereocenters. The van der Waals surface area contributed by atoms with E-state index in [0.29, 0.717) is 13.0 Å². The van der Waals surface area contributed by atoms with Crippen molar-refractivity contribution < 1.29 is 14.3 Å². The first kappa shape index (κ1) is 22.7. The van der Waals surface area contributed by atoms with Crippen LogP contribution in [0.2, 0.25) is 5.04 Å². The second kappa shape index (κ2) is 8.62. The SMILES string of the molecule is CC1=CC[C@H](O)[C@](C)(C=O)[C@H]1CO[Si](c1ccccc1)(c1ccccc1)C(C)(C)C. The van der Waals surface area contributed by atoms with Gasteiger partial charge in [0.05, 0.1) is 11.5 Å². The predicted molar refractivity (Wildman–Crippen MR) is 126 cm³/mol. The molecule has 160 valence electrons. The smallest absolute Gasteiger partial charge is 0.261 e. The van der Waals surface area contributed by atoms with E-state index in [1.807, 2.05) is 26.0 Å². The van der Waals surface area contributed by atoms with Crippen molar-refractivity contribution in [2.75, 3.05) is 6.61 Å².